The second-order valence-electron chi connectivity index (χ2n) is 6.31. The number of benzene rings is 2. The van der Waals surface area contributed by atoms with Gasteiger partial charge in [-0.15, -0.1) is 0 Å². The molecule has 1 amide bonds. The summed E-state index contributed by atoms with van der Waals surface area (Å²) in [5, 5.41) is 3.10. The van der Waals surface area contributed by atoms with Crippen LogP contribution >= 0.6 is 0 Å². The number of amides is 1. The van der Waals surface area contributed by atoms with Crippen LogP contribution in [0.15, 0.2) is 65.6 Å². The Bertz CT molecular complexity index is 816. The summed E-state index contributed by atoms with van der Waals surface area (Å²) in [6, 6.07) is 18.1. The van der Waals surface area contributed by atoms with Crippen molar-refractivity contribution in [2.75, 3.05) is 6.54 Å². The number of sulfonamides is 1. The van der Waals surface area contributed by atoms with Gasteiger partial charge in [0.05, 0.1) is 10.4 Å². The Balaban J connectivity index is 1.55. The van der Waals surface area contributed by atoms with Gasteiger partial charge < -0.3 is 5.32 Å². The fraction of sp³-hybridized carbons (Fsp3) is 0.316. The van der Waals surface area contributed by atoms with Crippen LogP contribution in [0.4, 0.5) is 0 Å². The number of hydrogen-bond donors (Lipinski definition) is 2. The van der Waals surface area contributed by atoms with Gasteiger partial charge in [0.2, 0.25) is 15.9 Å². The van der Waals surface area contributed by atoms with E-state index < -0.39 is 10.0 Å². The first kappa shape index (κ1) is 17.6. The third-order valence-electron chi connectivity index (χ3n) is 4.61. The van der Waals surface area contributed by atoms with Crippen LogP contribution in [0, 0.1) is 0 Å². The minimum atomic E-state index is -3.57. The summed E-state index contributed by atoms with van der Waals surface area (Å²) < 4.78 is 26.8. The molecule has 1 saturated carbocycles. The number of hydrogen-bond acceptors (Lipinski definition) is 3. The van der Waals surface area contributed by atoms with E-state index in [4.69, 9.17) is 0 Å². The molecule has 1 aliphatic rings. The van der Waals surface area contributed by atoms with Crippen molar-refractivity contribution in [1.29, 1.82) is 0 Å². The summed E-state index contributed by atoms with van der Waals surface area (Å²) in [6.45, 7) is 0.0773. The van der Waals surface area contributed by atoms with Crippen molar-refractivity contribution < 1.29 is 13.2 Å². The zero-order valence-electron chi connectivity index (χ0n) is 13.9. The predicted molar refractivity (Wildman–Crippen MR) is 96.4 cm³/mol. The van der Waals surface area contributed by atoms with Crippen molar-refractivity contribution in [3.8, 4) is 0 Å². The van der Waals surface area contributed by atoms with Gasteiger partial charge in [0.1, 0.15) is 0 Å². The summed E-state index contributed by atoms with van der Waals surface area (Å²) in [4.78, 5) is 12.5. The van der Waals surface area contributed by atoms with Gasteiger partial charge in [0.15, 0.2) is 0 Å². The minimum absolute atomic E-state index is 0.0773. The van der Waals surface area contributed by atoms with Crippen LogP contribution in [0.5, 0.6) is 0 Å². The number of carbonyl (C=O) groups excluding carboxylic acids is 1. The summed E-state index contributed by atoms with van der Waals surface area (Å²) in [5.41, 5.74) is 0.816. The van der Waals surface area contributed by atoms with E-state index in [9.17, 15) is 13.2 Å². The standard InChI is InChI=1S/C19H22N2O3S/c22-18(12-15-20-25(23,24)17-10-5-2-6-11-17)21-19(13-7-14-19)16-8-3-1-4-9-16/h1-6,8-11,20H,7,12-15H2,(H,21,22). The molecule has 0 aliphatic heterocycles. The second-order valence-corrected chi connectivity index (χ2v) is 8.08. The molecule has 0 unspecified atom stereocenters. The highest BCUT2D eigenvalue weighted by Crippen LogP contribution is 2.41. The zero-order chi connectivity index (χ0) is 17.8. The average molecular weight is 358 g/mol. The molecule has 0 heterocycles. The van der Waals surface area contributed by atoms with E-state index in [1.54, 1.807) is 18.2 Å². The molecular formula is C19H22N2O3S. The molecule has 1 aliphatic carbocycles. The van der Waals surface area contributed by atoms with Gasteiger partial charge in [0.25, 0.3) is 0 Å². The molecule has 2 aromatic rings. The second kappa shape index (κ2) is 7.37. The van der Waals surface area contributed by atoms with E-state index in [0.29, 0.717) is 0 Å². The summed E-state index contributed by atoms with van der Waals surface area (Å²) in [5.74, 6) is -0.140. The Morgan fingerprint density at radius 2 is 1.56 bits per heavy atom. The number of rotatable bonds is 7. The molecular weight excluding hydrogens is 336 g/mol. The molecule has 5 nitrogen and oxygen atoms in total. The highest BCUT2D eigenvalue weighted by Gasteiger charge is 2.39. The molecule has 1 fully saturated rings. The lowest BCUT2D eigenvalue weighted by molar-refractivity contribution is -0.124. The van der Waals surface area contributed by atoms with Crippen LogP contribution in [-0.4, -0.2) is 20.9 Å². The molecule has 3 rings (SSSR count). The number of carbonyl (C=O) groups is 1. The number of nitrogens with one attached hydrogen (secondary N) is 2. The Kier molecular flexibility index (Phi) is 5.20. The van der Waals surface area contributed by atoms with Crippen molar-refractivity contribution in [1.82, 2.24) is 10.0 Å². The average Bonchev–Trinajstić information content (AvgIpc) is 2.59. The van der Waals surface area contributed by atoms with E-state index in [2.05, 4.69) is 10.0 Å². The van der Waals surface area contributed by atoms with Crippen LogP contribution in [0.3, 0.4) is 0 Å². The molecule has 0 aromatic heterocycles. The molecule has 0 bridgehead atoms. The maximum atomic E-state index is 12.3. The Hall–Kier alpha value is -2.18. The van der Waals surface area contributed by atoms with Gasteiger partial charge in [0, 0.05) is 13.0 Å². The van der Waals surface area contributed by atoms with Crippen molar-refractivity contribution in [2.45, 2.75) is 36.1 Å². The largest absolute Gasteiger partial charge is 0.347 e. The van der Waals surface area contributed by atoms with E-state index in [1.165, 1.54) is 12.1 Å². The van der Waals surface area contributed by atoms with Crippen molar-refractivity contribution in [3.63, 3.8) is 0 Å². The van der Waals surface area contributed by atoms with Gasteiger partial charge in [-0.1, -0.05) is 48.5 Å². The van der Waals surface area contributed by atoms with E-state index in [-0.39, 0.29) is 29.3 Å². The van der Waals surface area contributed by atoms with Gasteiger partial charge in [-0.25, -0.2) is 13.1 Å². The Labute approximate surface area is 148 Å². The lowest BCUT2D eigenvalue weighted by Crippen LogP contribution is -2.51. The summed E-state index contributed by atoms with van der Waals surface area (Å²) in [6.07, 6.45) is 3.02. The predicted octanol–water partition coefficient (Wildman–Crippen LogP) is 2.55. The van der Waals surface area contributed by atoms with Crippen molar-refractivity contribution in [3.05, 3.63) is 66.2 Å². The molecule has 2 aromatic carbocycles. The quantitative estimate of drug-likeness (QED) is 0.799. The lowest BCUT2D eigenvalue weighted by atomic mass is 9.71. The summed E-state index contributed by atoms with van der Waals surface area (Å²) >= 11 is 0. The van der Waals surface area contributed by atoms with Gasteiger partial charge in [-0.3, -0.25) is 4.79 Å². The normalized spacial score (nSPS) is 16.0. The molecule has 0 spiro atoms. The van der Waals surface area contributed by atoms with E-state index in [1.807, 2.05) is 30.3 Å². The summed E-state index contributed by atoms with van der Waals surface area (Å²) in [7, 11) is -3.57. The molecule has 132 valence electrons. The van der Waals surface area contributed by atoms with Crippen LogP contribution in [-0.2, 0) is 20.4 Å². The van der Waals surface area contributed by atoms with Gasteiger partial charge >= 0.3 is 0 Å². The van der Waals surface area contributed by atoms with Crippen LogP contribution in [0.2, 0.25) is 0 Å². The van der Waals surface area contributed by atoms with Crippen molar-refractivity contribution >= 4 is 15.9 Å². The Morgan fingerprint density at radius 3 is 2.12 bits per heavy atom. The van der Waals surface area contributed by atoms with E-state index in [0.717, 1.165) is 24.8 Å². The molecule has 0 saturated heterocycles. The third kappa shape index (κ3) is 4.08. The first-order valence-corrected chi connectivity index (χ1v) is 9.91. The van der Waals surface area contributed by atoms with Crippen molar-refractivity contribution in [2.24, 2.45) is 0 Å². The van der Waals surface area contributed by atoms with Gasteiger partial charge in [-0.05, 0) is 37.0 Å². The molecule has 2 N–H and O–H groups in total. The maximum absolute atomic E-state index is 12.3. The van der Waals surface area contributed by atoms with Crippen LogP contribution in [0.1, 0.15) is 31.2 Å². The van der Waals surface area contributed by atoms with Crippen LogP contribution < -0.4 is 10.0 Å². The lowest BCUT2D eigenvalue weighted by Gasteiger charge is -2.43. The molecule has 0 radical (unpaired) electrons. The third-order valence-corrected chi connectivity index (χ3v) is 6.09. The first-order chi connectivity index (χ1) is 12.0. The fourth-order valence-corrected chi connectivity index (χ4v) is 4.14. The minimum Gasteiger partial charge on any atom is -0.347 e. The Morgan fingerprint density at radius 1 is 0.960 bits per heavy atom. The highest BCUT2D eigenvalue weighted by atomic mass is 32.2. The van der Waals surface area contributed by atoms with Crippen LogP contribution in [0.25, 0.3) is 0 Å². The molecule has 6 heteroatoms. The fourth-order valence-electron chi connectivity index (χ4n) is 3.08. The van der Waals surface area contributed by atoms with Gasteiger partial charge in [-0.2, -0.15) is 0 Å². The molecule has 0 atom stereocenters. The zero-order valence-corrected chi connectivity index (χ0v) is 14.8. The SMILES string of the molecule is O=C(CCNS(=O)(=O)c1ccccc1)NC1(c2ccccc2)CCC1. The highest BCUT2D eigenvalue weighted by molar-refractivity contribution is 7.89. The maximum Gasteiger partial charge on any atom is 0.240 e. The first-order valence-electron chi connectivity index (χ1n) is 8.43. The topological polar surface area (TPSA) is 75.3 Å². The smallest absolute Gasteiger partial charge is 0.240 e. The van der Waals surface area contributed by atoms with E-state index >= 15 is 0 Å². The monoisotopic (exact) mass is 358 g/mol. The molecule has 25 heavy (non-hydrogen) atoms.